The van der Waals surface area contributed by atoms with Crippen LogP contribution in [-0.2, 0) is 11.2 Å². The van der Waals surface area contributed by atoms with E-state index in [1.807, 2.05) is 54.6 Å². The molecule has 0 aromatic heterocycles. The van der Waals surface area contributed by atoms with Gasteiger partial charge in [0.1, 0.15) is 6.04 Å². The van der Waals surface area contributed by atoms with Gasteiger partial charge in [-0.15, -0.1) is 0 Å². The minimum Gasteiger partial charge on any atom is -0.340 e. The van der Waals surface area contributed by atoms with Crippen molar-refractivity contribution in [3.8, 4) is 0 Å². The number of hydrogen-bond donors (Lipinski definition) is 1. The van der Waals surface area contributed by atoms with Crippen LogP contribution in [0, 0.1) is 0 Å². The second-order valence-electron chi connectivity index (χ2n) is 8.07. The standard InChI is InChI=1S/C27H27N3O3/c31-25(22-12-6-2-7-13-22)28-24(20-21-10-4-1-5-11-21)27(33)30-18-16-29(17-19-30)26(32)23-14-8-3-9-15-23/h1-15,24H,16-20H2,(H,28,31). The number of amides is 3. The van der Waals surface area contributed by atoms with Crippen molar-refractivity contribution in [1.29, 1.82) is 0 Å². The highest BCUT2D eigenvalue weighted by molar-refractivity contribution is 5.98. The van der Waals surface area contributed by atoms with E-state index in [1.54, 1.807) is 46.2 Å². The molecule has 4 rings (SSSR count). The minimum atomic E-state index is -0.684. The lowest BCUT2D eigenvalue weighted by molar-refractivity contribution is -0.134. The van der Waals surface area contributed by atoms with E-state index < -0.39 is 6.04 Å². The molecule has 1 unspecified atom stereocenters. The van der Waals surface area contributed by atoms with Gasteiger partial charge >= 0.3 is 0 Å². The van der Waals surface area contributed by atoms with E-state index in [0.717, 1.165) is 5.56 Å². The fraction of sp³-hybridized carbons (Fsp3) is 0.222. The average Bonchev–Trinajstić information content (AvgIpc) is 2.89. The monoisotopic (exact) mass is 441 g/mol. The molecule has 0 radical (unpaired) electrons. The van der Waals surface area contributed by atoms with Crippen molar-refractivity contribution in [1.82, 2.24) is 15.1 Å². The van der Waals surface area contributed by atoms with Gasteiger partial charge in [-0.3, -0.25) is 14.4 Å². The molecule has 1 aliphatic heterocycles. The first-order chi connectivity index (χ1) is 16.1. The third kappa shape index (κ3) is 5.66. The molecular formula is C27H27N3O3. The van der Waals surface area contributed by atoms with E-state index in [-0.39, 0.29) is 17.7 Å². The maximum atomic E-state index is 13.4. The van der Waals surface area contributed by atoms with Crippen molar-refractivity contribution in [2.45, 2.75) is 12.5 Å². The van der Waals surface area contributed by atoms with Crippen LogP contribution in [0.5, 0.6) is 0 Å². The maximum absolute atomic E-state index is 13.4. The lowest BCUT2D eigenvalue weighted by Crippen LogP contribution is -2.56. The predicted octanol–water partition coefficient (Wildman–Crippen LogP) is 3.01. The molecule has 0 bridgehead atoms. The number of carbonyl (C=O) groups is 3. The summed E-state index contributed by atoms with van der Waals surface area (Å²) in [6, 6.07) is 27.0. The second kappa shape index (κ2) is 10.6. The molecule has 1 saturated heterocycles. The Morgan fingerprint density at radius 1 is 0.667 bits per heavy atom. The first kappa shape index (κ1) is 22.3. The highest BCUT2D eigenvalue weighted by Crippen LogP contribution is 2.12. The van der Waals surface area contributed by atoms with Crippen molar-refractivity contribution in [2.24, 2.45) is 0 Å². The number of hydrogen-bond acceptors (Lipinski definition) is 3. The summed E-state index contributed by atoms with van der Waals surface area (Å²) in [6.07, 6.45) is 0.404. The fourth-order valence-corrected chi connectivity index (χ4v) is 3.99. The molecule has 1 atom stereocenters. The van der Waals surface area contributed by atoms with E-state index in [1.165, 1.54) is 0 Å². The van der Waals surface area contributed by atoms with E-state index in [0.29, 0.717) is 43.7 Å². The molecule has 1 aliphatic rings. The van der Waals surface area contributed by atoms with Crippen LogP contribution < -0.4 is 5.32 Å². The molecule has 6 heteroatoms. The minimum absolute atomic E-state index is 0.0269. The molecule has 0 saturated carbocycles. The van der Waals surface area contributed by atoms with Gasteiger partial charge in [-0.05, 0) is 29.8 Å². The zero-order chi connectivity index (χ0) is 23.0. The largest absolute Gasteiger partial charge is 0.340 e. The van der Waals surface area contributed by atoms with Crippen molar-refractivity contribution in [3.05, 3.63) is 108 Å². The van der Waals surface area contributed by atoms with Crippen LogP contribution in [0.4, 0.5) is 0 Å². The van der Waals surface area contributed by atoms with E-state index >= 15 is 0 Å². The number of carbonyl (C=O) groups excluding carboxylic acids is 3. The van der Waals surface area contributed by atoms with Gasteiger partial charge in [0.2, 0.25) is 5.91 Å². The zero-order valence-electron chi connectivity index (χ0n) is 18.4. The molecule has 1 N–H and O–H groups in total. The van der Waals surface area contributed by atoms with Crippen LogP contribution in [0.1, 0.15) is 26.3 Å². The molecule has 168 valence electrons. The fourth-order valence-electron chi connectivity index (χ4n) is 3.99. The summed E-state index contributed by atoms with van der Waals surface area (Å²) >= 11 is 0. The SMILES string of the molecule is O=C(NC(Cc1ccccc1)C(=O)N1CCN(C(=O)c2ccccc2)CC1)c1ccccc1. The lowest BCUT2D eigenvalue weighted by Gasteiger charge is -2.36. The molecule has 3 aromatic carbocycles. The number of benzene rings is 3. The van der Waals surface area contributed by atoms with Crippen molar-refractivity contribution >= 4 is 17.7 Å². The van der Waals surface area contributed by atoms with Crippen LogP contribution in [0.3, 0.4) is 0 Å². The third-order valence-electron chi connectivity index (χ3n) is 5.82. The quantitative estimate of drug-likeness (QED) is 0.639. The topological polar surface area (TPSA) is 69.7 Å². The van der Waals surface area contributed by atoms with Gasteiger partial charge in [-0.2, -0.15) is 0 Å². The predicted molar refractivity (Wildman–Crippen MR) is 127 cm³/mol. The number of piperazine rings is 1. The Morgan fingerprint density at radius 2 is 1.15 bits per heavy atom. The maximum Gasteiger partial charge on any atom is 0.253 e. The summed E-state index contributed by atoms with van der Waals surface area (Å²) in [7, 11) is 0. The number of nitrogens with zero attached hydrogens (tertiary/aromatic N) is 2. The van der Waals surface area contributed by atoms with Gasteiger partial charge in [0, 0.05) is 43.7 Å². The van der Waals surface area contributed by atoms with Crippen LogP contribution in [0.15, 0.2) is 91.0 Å². The van der Waals surface area contributed by atoms with Crippen LogP contribution in [0.25, 0.3) is 0 Å². The number of nitrogens with one attached hydrogen (secondary N) is 1. The van der Waals surface area contributed by atoms with E-state index in [2.05, 4.69) is 5.32 Å². The Balaban J connectivity index is 1.43. The molecule has 0 spiro atoms. The summed E-state index contributed by atoms with van der Waals surface area (Å²) in [5, 5.41) is 2.93. The van der Waals surface area contributed by atoms with Gasteiger partial charge in [-0.25, -0.2) is 0 Å². The van der Waals surface area contributed by atoms with Crippen LogP contribution >= 0.6 is 0 Å². The number of rotatable bonds is 6. The van der Waals surface area contributed by atoms with Gasteiger partial charge in [0.15, 0.2) is 0 Å². The van der Waals surface area contributed by atoms with Crippen molar-refractivity contribution in [3.63, 3.8) is 0 Å². The van der Waals surface area contributed by atoms with Crippen LogP contribution in [0.2, 0.25) is 0 Å². The second-order valence-corrected chi connectivity index (χ2v) is 8.07. The van der Waals surface area contributed by atoms with Gasteiger partial charge in [0.25, 0.3) is 11.8 Å². The first-order valence-electron chi connectivity index (χ1n) is 11.1. The molecule has 33 heavy (non-hydrogen) atoms. The Labute approximate surface area is 193 Å². The third-order valence-corrected chi connectivity index (χ3v) is 5.82. The van der Waals surface area contributed by atoms with Crippen molar-refractivity contribution < 1.29 is 14.4 Å². The van der Waals surface area contributed by atoms with Crippen LogP contribution in [-0.4, -0.2) is 59.7 Å². The summed E-state index contributed by atoms with van der Waals surface area (Å²) in [6.45, 7) is 1.79. The lowest BCUT2D eigenvalue weighted by atomic mass is 10.0. The van der Waals surface area contributed by atoms with Gasteiger partial charge in [-0.1, -0.05) is 66.7 Å². The summed E-state index contributed by atoms with van der Waals surface area (Å²) in [5.74, 6) is -0.432. The smallest absolute Gasteiger partial charge is 0.253 e. The summed E-state index contributed by atoms with van der Waals surface area (Å²) < 4.78 is 0. The normalized spacial score (nSPS) is 14.4. The van der Waals surface area contributed by atoms with Gasteiger partial charge in [0.05, 0.1) is 0 Å². The first-order valence-corrected chi connectivity index (χ1v) is 11.1. The highest BCUT2D eigenvalue weighted by atomic mass is 16.2. The van der Waals surface area contributed by atoms with Crippen molar-refractivity contribution in [2.75, 3.05) is 26.2 Å². The molecule has 3 aromatic rings. The molecular weight excluding hydrogens is 414 g/mol. The molecule has 3 amide bonds. The molecule has 1 heterocycles. The summed E-state index contributed by atoms with van der Waals surface area (Å²) in [4.78, 5) is 42.5. The zero-order valence-corrected chi connectivity index (χ0v) is 18.4. The summed E-state index contributed by atoms with van der Waals surface area (Å²) in [5.41, 5.74) is 2.14. The average molecular weight is 442 g/mol. The van der Waals surface area contributed by atoms with Gasteiger partial charge < -0.3 is 15.1 Å². The Kier molecular flexibility index (Phi) is 7.15. The molecule has 6 nitrogen and oxygen atoms in total. The Bertz CT molecular complexity index is 1080. The Morgan fingerprint density at radius 3 is 1.73 bits per heavy atom. The molecule has 1 fully saturated rings. The van der Waals surface area contributed by atoms with E-state index in [9.17, 15) is 14.4 Å². The highest BCUT2D eigenvalue weighted by Gasteiger charge is 2.30. The Hall–Kier alpha value is -3.93. The van der Waals surface area contributed by atoms with E-state index in [4.69, 9.17) is 0 Å². The molecule has 0 aliphatic carbocycles.